The first-order chi connectivity index (χ1) is 67.6. The standard InChI is InChI=1S/C118H112F2N4O2S12/c1-11-19-25-29-35-71-39-47-75(48-40-71)117(76-49-41-72(42-50-76)36-30-26-20-12-2)83-61-79(59-81-93(87(65-121)123-9)99-107-89(55-57-127-107)133-111(99)103(81)125)131-105(83)113-101(117)97-95(91-63-85(119)115(135-91)129-67-69(17-7)33-23-15-5)110-98(96(109(97)137-113)92-64-86(120)116(136-92)130-68-70(18-8)34-24-16-6)102-114(138-110)106-84(62-80(132-106)60-82-94(88(66-122)124-10)100-108-90(56-58-128-108)134-112(100)104(82)126)118(102,77-51-43-73(44-52-77)37-31-27-21-13-3)78-53-45-74(46-54-78)38-32-28-22-14-4/h39-64,69-70H,11-38,67-68H2,1-8H3/b81-59-,82-60-,93-87-,94-88+. The zero-order chi connectivity index (χ0) is 95.6. The molecule has 0 amide bonds. The Hall–Kier alpha value is -9.04. The van der Waals surface area contributed by atoms with Crippen LogP contribution in [0.1, 0.15) is 316 Å². The highest BCUT2D eigenvalue weighted by Crippen LogP contribution is 2.72. The van der Waals surface area contributed by atoms with E-state index in [0.29, 0.717) is 63.4 Å². The van der Waals surface area contributed by atoms with Crippen LogP contribution in [0.15, 0.2) is 175 Å². The third-order valence-electron chi connectivity index (χ3n) is 28.9. The second kappa shape index (κ2) is 43.0. The second-order valence-electron chi connectivity index (χ2n) is 37.5. The summed E-state index contributed by atoms with van der Waals surface area (Å²) < 4.78 is 44.7. The maximum Gasteiger partial charge on any atom is 0.270 e. The summed E-state index contributed by atoms with van der Waals surface area (Å²) in [6.45, 7) is 35.3. The summed E-state index contributed by atoms with van der Waals surface area (Å²) >= 11 is 19.1. The summed E-state index contributed by atoms with van der Waals surface area (Å²) in [4.78, 5) is 47.4. The van der Waals surface area contributed by atoms with Crippen molar-refractivity contribution in [3.05, 3.63) is 299 Å². The molecule has 5 aromatic carbocycles. The summed E-state index contributed by atoms with van der Waals surface area (Å²) in [5, 5.41) is 28.1. The van der Waals surface area contributed by atoms with Gasteiger partial charge in [0.05, 0.1) is 83.2 Å². The van der Waals surface area contributed by atoms with Crippen molar-refractivity contribution in [3.8, 4) is 52.5 Å². The van der Waals surface area contributed by atoms with Crippen LogP contribution < -0.4 is 0 Å². The van der Waals surface area contributed by atoms with Crippen LogP contribution in [-0.4, -0.2) is 23.1 Å². The lowest BCUT2D eigenvalue weighted by Crippen LogP contribution is -2.29. The lowest BCUT2D eigenvalue weighted by Gasteiger charge is -2.35. The van der Waals surface area contributed by atoms with Crippen LogP contribution >= 0.6 is 137 Å². The van der Waals surface area contributed by atoms with E-state index in [1.807, 2.05) is 47.2 Å². The number of thioether (sulfide) groups is 2. The molecule has 4 aliphatic carbocycles. The fourth-order valence-electron chi connectivity index (χ4n) is 21.6. The van der Waals surface area contributed by atoms with Gasteiger partial charge in [0.2, 0.25) is 11.6 Å². The van der Waals surface area contributed by atoms with Gasteiger partial charge in [-0.25, -0.2) is 29.0 Å². The molecular formula is C118H112F2N4O2S12. The van der Waals surface area contributed by atoms with Crippen LogP contribution in [0, 0.1) is 59.3 Å². The quantitative estimate of drug-likeness (QED) is 0.0124. The van der Waals surface area contributed by atoms with Gasteiger partial charge in [-0.1, -0.05) is 268 Å². The van der Waals surface area contributed by atoms with Crippen molar-refractivity contribution in [2.24, 2.45) is 11.8 Å². The Morgan fingerprint density at radius 1 is 0.399 bits per heavy atom. The number of nitrogens with zero attached hydrogens (tertiary/aromatic N) is 4. The minimum Gasteiger partial charge on any atom is -0.288 e. The highest BCUT2D eigenvalue weighted by Gasteiger charge is 2.55. The third kappa shape index (κ3) is 17.7. The molecule has 138 heavy (non-hydrogen) atoms. The number of thiophene rings is 10. The zero-order valence-electron chi connectivity index (χ0n) is 79.6. The number of benzene rings is 5. The molecule has 0 bridgehead atoms. The number of hydrogen-bond donors (Lipinski definition) is 0. The van der Waals surface area contributed by atoms with Crippen LogP contribution in [-0.2, 0) is 36.5 Å². The lowest BCUT2D eigenvalue weighted by atomic mass is 9.66. The van der Waals surface area contributed by atoms with Crippen LogP contribution in [0.4, 0.5) is 8.78 Å². The topological polar surface area (TPSA) is 90.4 Å². The van der Waals surface area contributed by atoms with Crippen molar-refractivity contribution >= 4 is 211 Å². The number of allylic oxidation sites excluding steroid dienone is 6. The molecule has 10 heterocycles. The monoisotopic (exact) mass is 2040 g/mol. The van der Waals surface area contributed by atoms with Gasteiger partial charge in [0.25, 0.3) is 11.4 Å². The SMILES string of the molecule is [C-]#[N+]/C(C#N)=C1/C(=C/c2cc3c(s2)-c2sc4c(-c5cc(F)c(SCC(CC)CCCC)s5)c5c6c(sc5c(-c5cc(F)c(SCC(CC)CCCC)s5)c4c2C3(c2ccc(CCCCCC)cc2)c2ccc(CCCCCC)cc2)-c2sc(/C=C3\C(=O)c4sc5ccsc5c4\C3=C(/C#N)[N+]#[C-])cc2C6(c2ccc(CCCCCC)cc2)c2ccc(CCCCCC)cc2)C(=O)c2sc3ccsc3c21. The zero-order valence-corrected chi connectivity index (χ0v) is 89.4. The van der Waals surface area contributed by atoms with E-state index >= 15 is 18.4 Å². The fourth-order valence-corrected chi connectivity index (χ4v) is 36.9. The summed E-state index contributed by atoms with van der Waals surface area (Å²) in [5.74, 6) is 1.35. The minimum absolute atomic E-state index is 0.123. The first-order valence-electron chi connectivity index (χ1n) is 49.8. The van der Waals surface area contributed by atoms with Gasteiger partial charge in [-0.3, -0.25) is 9.59 Å². The Morgan fingerprint density at radius 2 is 0.739 bits per heavy atom. The van der Waals surface area contributed by atoms with E-state index in [1.165, 1.54) is 67.6 Å². The van der Waals surface area contributed by atoms with Crippen molar-refractivity contribution in [2.45, 2.75) is 254 Å². The Kier molecular flexibility index (Phi) is 30.5. The predicted octanol–water partition coefficient (Wildman–Crippen LogP) is 39.2. The molecule has 4 aliphatic rings. The van der Waals surface area contributed by atoms with Gasteiger partial charge in [-0.2, -0.15) is 0 Å². The second-order valence-corrected chi connectivity index (χ2v) is 50.4. The molecule has 6 nitrogen and oxygen atoms in total. The number of aryl methyl sites for hydroxylation is 4. The number of carbonyl (C=O) groups is 2. The minimum atomic E-state index is -1.14. The average Bonchev–Trinajstić information content (AvgIpc) is 1.48. The van der Waals surface area contributed by atoms with E-state index in [0.717, 1.165) is 325 Å². The summed E-state index contributed by atoms with van der Waals surface area (Å²) in [6.07, 6.45) is 33.8. The van der Waals surface area contributed by atoms with Crippen LogP contribution in [0.25, 0.3) is 112 Å². The Morgan fingerprint density at radius 3 is 1.05 bits per heavy atom. The number of ketones is 2. The first-order valence-corrected chi connectivity index (χ1v) is 60.0. The number of carbonyl (C=O) groups excluding carboxylic acids is 2. The predicted molar refractivity (Wildman–Crippen MR) is 596 cm³/mol. The number of nitriles is 2. The summed E-state index contributed by atoms with van der Waals surface area (Å²) in [7, 11) is 0. The molecule has 10 aromatic heterocycles. The van der Waals surface area contributed by atoms with E-state index in [9.17, 15) is 10.5 Å². The summed E-state index contributed by atoms with van der Waals surface area (Å²) in [5.41, 5.74) is 15.4. The fraction of sp³-hybridized carbons (Fsp3) is 0.356. The van der Waals surface area contributed by atoms with Crippen molar-refractivity contribution in [1.82, 2.24) is 0 Å². The van der Waals surface area contributed by atoms with E-state index in [4.69, 9.17) is 13.1 Å². The molecule has 0 N–H and O–H groups in total. The molecular weight excluding hydrogens is 1930 g/mol. The molecule has 0 fully saturated rings. The number of hydrogen-bond acceptors (Lipinski definition) is 16. The van der Waals surface area contributed by atoms with Gasteiger partial charge < -0.3 is 0 Å². The maximum absolute atomic E-state index is 18.9. The molecule has 2 unspecified atom stereocenters. The largest absolute Gasteiger partial charge is 0.288 e. The van der Waals surface area contributed by atoms with Crippen LogP contribution in [0.2, 0.25) is 0 Å². The van der Waals surface area contributed by atoms with Crippen LogP contribution in [0.3, 0.4) is 0 Å². The highest BCUT2D eigenvalue weighted by atomic mass is 32.2. The molecule has 0 spiro atoms. The normalized spacial score (nSPS) is 15.6. The van der Waals surface area contributed by atoms with Gasteiger partial charge in [-0.05, 0) is 202 Å². The van der Waals surface area contributed by atoms with Gasteiger partial charge in [0.1, 0.15) is 11.6 Å². The van der Waals surface area contributed by atoms with Crippen molar-refractivity contribution in [1.29, 1.82) is 10.5 Å². The molecule has 19 rings (SSSR count). The molecule has 15 aromatic rings. The van der Waals surface area contributed by atoms with Gasteiger partial charge in [0.15, 0.2) is 0 Å². The molecule has 20 heteroatoms. The van der Waals surface area contributed by atoms with Crippen molar-refractivity contribution in [3.63, 3.8) is 0 Å². The third-order valence-corrected chi connectivity index (χ3v) is 43.4. The molecule has 2 atom stereocenters. The number of rotatable bonds is 42. The van der Waals surface area contributed by atoms with E-state index in [2.05, 4.69) is 186 Å². The highest BCUT2D eigenvalue weighted by molar-refractivity contribution is 8.01. The van der Waals surface area contributed by atoms with E-state index in [1.54, 1.807) is 91.5 Å². The smallest absolute Gasteiger partial charge is 0.270 e. The molecule has 0 radical (unpaired) electrons. The van der Waals surface area contributed by atoms with Gasteiger partial charge in [0, 0.05) is 105 Å². The van der Waals surface area contributed by atoms with Crippen molar-refractivity contribution < 1.29 is 18.4 Å². The lowest BCUT2D eigenvalue weighted by molar-refractivity contribution is 0.103. The number of fused-ring (bicyclic) bond motifs is 16. The molecule has 702 valence electrons. The Labute approximate surface area is 860 Å². The van der Waals surface area contributed by atoms with E-state index in [-0.39, 0.29) is 34.6 Å². The number of Topliss-reactive ketones (excluding diaryl/α,β-unsaturated/α-hetero) is 2. The van der Waals surface area contributed by atoms with Crippen LogP contribution in [0.5, 0.6) is 0 Å². The average molecular weight is 2040 g/mol. The first kappa shape index (κ1) is 97.8. The van der Waals surface area contributed by atoms with E-state index < -0.39 is 10.8 Å². The number of halogens is 2. The molecule has 0 saturated carbocycles. The van der Waals surface area contributed by atoms with Gasteiger partial charge >= 0.3 is 0 Å². The molecule has 0 saturated heterocycles. The van der Waals surface area contributed by atoms with Gasteiger partial charge in [-0.15, -0.1) is 137 Å². The van der Waals surface area contributed by atoms with Crippen molar-refractivity contribution in [2.75, 3.05) is 11.5 Å². The Balaban J connectivity index is 0.982. The molecule has 0 aliphatic heterocycles. The number of unbranched alkanes of at least 4 members (excludes halogenated alkanes) is 14. The summed E-state index contributed by atoms with van der Waals surface area (Å²) in [6, 6.07) is 54.7. The maximum atomic E-state index is 18.9. The Bertz CT molecular complexity index is 6880.